The maximum absolute atomic E-state index is 13.5. The molecule has 1 aliphatic heterocycles. The molecule has 5 heterocycles. The van der Waals surface area contributed by atoms with E-state index in [0.29, 0.717) is 35.4 Å². The van der Waals surface area contributed by atoms with Gasteiger partial charge in [0.25, 0.3) is 5.91 Å². The second kappa shape index (κ2) is 6.18. The van der Waals surface area contributed by atoms with Crippen LogP contribution in [0.5, 0.6) is 0 Å². The van der Waals surface area contributed by atoms with Crippen LogP contribution in [0.15, 0.2) is 41.5 Å². The molecule has 0 unspecified atom stereocenters. The number of amides is 1. The Labute approximate surface area is 170 Å². The summed E-state index contributed by atoms with van der Waals surface area (Å²) in [5, 5.41) is 5.30. The van der Waals surface area contributed by atoms with E-state index in [4.69, 9.17) is 21.1 Å². The van der Waals surface area contributed by atoms with Gasteiger partial charge in [-0.1, -0.05) is 11.6 Å². The first-order valence-electron chi connectivity index (χ1n) is 9.61. The fraction of sp³-hybridized carbons (Fsp3) is 0.300. The van der Waals surface area contributed by atoms with Crippen molar-refractivity contribution >= 4 is 23.0 Å². The maximum Gasteiger partial charge on any atom is 0.292 e. The summed E-state index contributed by atoms with van der Waals surface area (Å²) in [6, 6.07) is 5.15. The summed E-state index contributed by atoms with van der Waals surface area (Å²) in [6.07, 6.45) is 7.66. The Hall–Kier alpha value is -3.13. The number of H-pyrrole nitrogens is 1. The molecule has 1 amide bonds. The van der Waals surface area contributed by atoms with E-state index in [1.54, 1.807) is 15.7 Å². The topological polar surface area (TPSA) is 92.3 Å². The van der Waals surface area contributed by atoms with Crippen molar-refractivity contribution in [1.29, 1.82) is 0 Å². The van der Waals surface area contributed by atoms with Crippen LogP contribution < -0.4 is 0 Å². The number of hydrogen-bond donors (Lipinski definition) is 1. The van der Waals surface area contributed by atoms with Gasteiger partial charge in [0.05, 0.1) is 33.9 Å². The maximum atomic E-state index is 13.5. The van der Waals surface area contributed by atoms with Gasteiger partial charge in [-0.15, -0.1) is 0 Å². The number of aromatic nitrogens is 5. The van der Waals surface area contributed by atoms with Crippen LogP contribution in [0.2, 0.25) is 5.02 Å². The number of carbonyl (C=O) groups excluding carboxylic acids is 1. The van der Waals surface area contributed by atoms with E-state index in [1.165, 1.54) is 6.39 Å². The standard InChI is InChI=1S/C20H17ClN6O2/c21-12-2-1-6-27-15(12)8-14(25-27)18-17-13(22-9-23-17)5-7-26(18)20(28)19-16(11-3-4-11)24-10-29-19/h1-2,6,8-11,18H,3-5,7H2,(H,22,23)/t18-/m0/s1. The molecule has 4 aromatic rings. The normalized spacial score (nSPS) is 18.9. The van der Waals surface area contributed by atoms with Gasteiger partial charge in [0.1, 0.15) is 6.04 Å². The molecule has 0 aromatic carbocycles. The molecule has 0 spiro atoms. The number of hydrogen-bond acceptors (Lipinski definition) is 5. The second-order valence-corrected chi connectivity index (χ2v) is 7.92. The van der Waals surface area contributed by atoms with Gasteiger partial charge in [0.15, 0.2) is 6.39 Å². The van der Waals surface area contributed by atoms with E-state index in [1.807, 2.05) is 24.4 Å². The van der Waals surface area contributed by atoms with Crippen molar-refractivity contribution in [3.63, 3.8) is 0 Å². The molecule has 2 aliphatic rings. The molecule has 8 nitrogen and oxygen atoms in total. The van der Waals surface area contributed by atoms with Crippen LogP contribution >= 0.6 is 11.6 Å². The van der Waals surface area contributed by atoms with Crippen molar-refractivity contribution < 1.29 is 9.21 Å². The fourth-order valence-corrected chi connectivity index (χ4v) is 4.34. The minimum Gasteiger partial charge on any atom is -0.438 e. The van der Waals surface area contributed by atoms with Crippen molar-refractivity contribution in [3.8, 4) is 0 Å². The first kappa shape index (κ1) is 16.8. The summed E-state index contributed by atoms with van der Waals surface area (Å²) in [6.45, 7) is 0.533. The Morgan fingerprint density at radius 2 is 2.17 bits per heavy atom. The molecule has 0 radical (unpaired) electrons. The number of halogens is 1. The van der Waals surface area contributed by atoms with Crippen molar-refractivity contribution in [2.45, 2.75) is 31.2 Å². The number of carbonyl (C=O) groups is 1. The lowest BCUT2D eigenvalue weighted by atomic mass is 9.99. The number of pyridine rings is 1. The summed E-state index contributed by atoms with van der Waals surface area (Å²) in [7, 11) is 0. The molecular formula is C20H17ClN6O2. The van der Waals surface area contributed by atoms with Gasteiger partial charge in [-0.25, -0.2) is 14.5 Å². The van der Waals surface area contributed by atoms with Crippen LogP contribution in [0.1, 0.15) is 58.1 Å². The number of nitrogens with zero attached hydrogens (tertiary/aromatic N) is 5. The van der Waals surface area contributed by atoms with Crippen molar-refractivity contribution in [2.75, 3.05) is 6.54 Å². The Bertz CT molecular complexity index is 1240. The quantitative estimate of drug-likeness (QED) is 0.561. The van der Waals surface area contributed by atoms with Crippen LogP contribution in [0.4, 0.5) is 0 Å². The van der Waals surface area contributed by atoms with Gasteiger partial charge in [0, 0.05) is 30.8 Å². The van der Waals surface area contributed by atoms with Crippen molar-refractivity contribution in [1.82, 2.24) is 29.5 Å². The third-order valence-corrected chi connectivity index (χ3v) is 6.01. The van der Waals surface area contributed by atoms with E-state index in [9.17, 15) is 4.79 Å². The van der Waals surface area contributed by atoms with E-state index >= 15 is 0 Å². The van der Waals surface area contributed by atoms with Crippen LogP contribution in [-0.2, 0) is 6.42 Å². The summed E-state index contributed by atoms with van der Waals surface area (Å²) < 4.78 is 7.26. The largest absolute Gasteiger partial charge is 0.438 e. The van der Waals surface area contributed by atoms with E-state index in [2.05, 4.69) is 15.0 Å². The third-order valence-electron chi connectivity index (χ3n) is 5.69. The van der Waals surface area contributed by atoms with Crippen LogP contribution in [0, 0.1) is 0 Å². The lowest BCUT2D eigenvalue weighted by Crippen LogP contribution is -2.41. The number of nitrogens with one attached hydrogen (secondary N) is 1. The third kappa shape index (κ3) is 2.59. The molecule has 29 heavy (non-hydrogen) atoms. The summed E-state index contributed by atoms with van der Waals surface area (Å²) in [4.78, 5) is 27.3. The van der Waals surface area contributed by atoms with Crippen molar-refractivity contribution in [3.05, 3.63) is 70.7 Å². The zero-order chi connectivity index (χ0) is 19.5. The number of aromatic amines is 1. The van der Waals surface area contributed by atoms with E-state index in [-0.39, 0.29) is 5.91 Å². The highest BCUT2D eigenvalue weighted by Crippen LogP contribution is 2.42. The minimum absolute atomic E-state index is 0.175. The Kier molecular flexibility index (Phi) is 3.58. The summed E-state index contributed by atoms with van der Waals surface area (Å²) in [5.74, 6) is 0.482. The molecule has 6 rings (SSSR count). The van der Waals surface area contributed by atoms with Crippen LogP contribution in [0.3, 0.4) is 0 Å². The van der Waals surface area contributed by atoms with Gasteiger partial charge < -0.3 is 14.3 Å². The van der Waals surface area contributed by atoms with E-state index in [0.717, 1.165) is 35.4 Å². The molecule has 1 N–H and O–H groups in total. The van der Waals surface area contributed by atoms with Crippen molar-refractivity contribution in [2.24, 2.45) is 0 Å². The lowest BCUT2D eigenvalue weighted by molar-refractivity contribution is 0.0652. The number of rotatable bonds is 3. The van der Waals surface area contributed by atoms with Gasteiger partial charge in [0.2, 0.25) is 5.76 Å². The first-order chi connectivity index (χ1) is 14.2. The molecule has 0 bridgehead atoms. The molecule has 146 valence electrons. The number of oxazole rings is 1. The molecular weight excluding hydrogens is 392 g/mol. The monoisotopic (exact) mass is 408 g/mol. The Morgan fingerprint density at radius 1 is 1.28 bits per heavy atom. The van der Waals surface area contributed by atoms with Gasteiger partial charge in [-0.05, 0) is 31.0 Å². The molecule has 9 heteroatoms. The minimum atomic E-state index is -0.425. The Morgan fingerprint density at radius 3 is 3.00 bits per heavy atom. The lowest BCUT2D eigenvalue weighted by Gasteiger charge is -2.33. The predicted octanol–water partition coefficient (Wildman–Crippen LogP) is 3.36. The molecule has 1 aliphatic carbocycles. The van der Waals surface area contributed by atoms with Gasteiger partial charge >= 0.3 is 0 Å². The molecule has 4 aromatic heterocycles. The molecule has 0 saturated heterocycles. The highest BCUT2D eigenvalue weighted by atomic mass is 35.5. The average molecular weight is 409 g/mol. The molecule has 1 fully saturated rings. The highest BCUT2D eigenvalue weighted by Gasteiger charge is 2.40. The van der Waals surface area contributed by atoms with Crippen LogP contribution in [-0.4, -0.2) is 41.9 Å². The Balaban J connectivity index is 1.47. The van der Waals surface area contributed by atoms with Gasteiger partial charge in [-0.2, -0.15) is 5.10 Å². The number of fused-ring (bicyclic) bond motifs is 2. The van der Waals surface area contributed by atoms with Gasteiger partial charge in [-0.3, -0.25) is 4.79 Å². The number of imidazole rings is 1. The zero-order valence-corrected chi connectivity index (χ0v) is 16.1. The highest BCUT2D eigenvalue weighted by molar-refractivity contribution is 6.33. The van der Waals surface area contributed by atoms with Crippen LogP contribution in [0.25, 0.3) is 5.52 Å². The SMILES string of the molecule is O=C(c1ocnc1C1CC1)N1CCc2[nH]cnc2[C@@H]1c1cc2c(Cl)cccn2n1. The molecule has 1 atom stereocenters. The average Bonchev–Trinajstić information content (AvgIpc) is 3.13. The van der Waals surface area contributed by atoms with E-state index < -0.39 is 6.04 Å². The summed E-state index contributed by atoms with van der Waals surface area (Å²) >= 11 is 6.34. The fourth-order valence-electron chi connectivity index (χ4n) is 4.12. The first-order valence-corrected chi connectivity index (χ1v) is 9.99. The zero-order valence-electron chi connectivity index (χ0n) is 15.4. The second-order valence-electron chi connectivity index (χ2n) is 7.51. The summed E-state index contributed by atoms with van der Waals surface area (Å²) in [5.41, 5.74) is 4.09. The molecule has 1 saturated carbocycles. The predicted molar refractivity (Wildman–Crippen MR) is 104 cm³/mol. The smallest absolute Gasteiger partial charge is 0.292 e.